The monoisotopic (exact) mass is 351 g/mol. The van der Waals surface area contributed by atoms with Gasteiger partial charge in [0.05, 0.1) is 10.9 Å². The predicted molar refractivity (Wildman–Crippen MR) is 93.4 cm³/mol. The van der Waals surface area contributed by atoms with Crippen molar-refractivity contribution in [1.29, 1.82) is 0 Å². The summed E-state index contributed by atoms with van der Waals surface area (Å²) in [5, 5.41) is 4.43. The number of hydrogen-bond donors (Lipinski definition) is 0. The molecule has 0 saturated carbocycles. The molecule has 1 aliphatic heterocycles. The van der Waals surface area contributed by atoms with Crippen LogP contribution in [0.15, 0.2) is 34.7 Å². The Morgan fingerprint density at radius 3 is 2.68 bits per heavy atom. The van der Waals surface area contributed by atoms with E-state index in [9.17, 15) is 4.79 Å². The van der Waals surface area contributed by atoms with Gasteiger partial charge in [0.1, 0.15) is 0 Å². The van der Waals surface area contributed by atoms with Crippen LogP contribution in [-0.2, 0) is 4.79 Å². The molecule has 1 aliphatic rings. The Hall–Kier alpha value is -1.18. The minimum absolute atomic E-state index is 0.122. The van der Waals surface area contributed by atoms with Gasteiger partial charge < -0.3 is 4.90 Å². The fourth-order valence-corrected chi connectivity index (χ4v) is 5.03. The van der Waals surface area contributed by atoms with Gasteiger partial charge in [-0.2, -0.15) is 0 Å². The average Bonchev–Trinajstić information content (AvgIpc) is 3.17. The maximum Gasteiger partial charge on any atom is 0.235 e. The normalized spacial score (nSPS) is 16.0. The number of amides is 1. The zero-order chi connectivity index (χ0) is 15.5. The predicted octanol–water partition coefficient (Wildman–Crippen LogP) is 3.77. The van der Waals surface area contributed by atoms with Crippen molar-refractivity contribution >= 4 is 41.2 Å². The number of hydrogen-bond acceptors (Lipinski definition) is 5. The number of para-hydroxylation sites is 1. The molecule has 1 fully saturated rings. The molecule has 0 bridgehead atoms. The lowest BCUT2D eigenvalue weighted by Gasteiger charge is -2.18. The van der Waals surface area contributed by atoms with Gasteiger partial charge in [-0.25, -0.2) is 4.68 Å². The summed E-state index contributed by atoms with van der Waals surface area (Å²) in [6, 6.07) is 9.84. The van der Waals surface area contributed by atoms with E-state index in [4.69, 9.17) is 12.2 Å². The van der Waals surface area contributed by atoms with Crippen molar-refractivity contribution in [3.63, 3.8) is 0 Å². The van der Waals surface area contributed by atoms with Gasteiger partial charge in [-0.1, -0.05) is 41.3 Å². The van der Waals surface area contributed by atoms with Gasteiger partial charge in [0.25, 0.3) is 0 Å². The number of aromatic nitrogens is 2. The smallest absolute Gasteiger partial charge is 0.235 e. The molecule has 0 N–H and O–H groups in total. The van der Waals surface area contributed by atoms with Crippen molar-refractivity contribution in [2.24, 2.45) is 0 Å². The summed E-state index contributed by atoms with van der Waals surface area (Å²) in [7, 11) is 0. The van der Waals surface area contributed by atoms with Gasteiger partial charge in [0, 0.05) is 13.1 Å². The third kappa shape index (κ3) is 3.42. The molecule has 2 aromatic rings. The van der Waals surface area contributed by atoms with Crippen LogP contribution in [0.4, 0.5) is 0 Å². The van der Waals surface area contributed by atoms with Crippen molar-refractivity contribution in [3.05, 3.63) is 34.3 Å². The van der Waals surface area contributed by atoms with Crippen LogP contribution < -0.4 is 0 Å². The quantitative estimate of drug-likeness (QED) is 0.621. The first-order valence-corrected chi connectivity index (χ1v) is 9.36. The zero-order valence-corrected chi connectivity index (χ0v) is 14.7. The molecule has 0 radical (unpaired) electrons. The van der Waals surface area contributed by atoms with Gasteiger partial charge in [0.15, 0.2) is 8.29 Å². The fourth-order valence-electron chi connectivity index (χ4n) is 2.44. The summed E-state index contributed by atoms with van der Waals surface area (Å²) in [6.07, 6.45) is 2.23. The Balaban J connectivity index is 1.73. The summed E-state index contributed by atoms with van der Waals surface area (Å²) >= 11 is 8.34. The molecule has 116 valence electrons. The molecule has 1 amide bonds. The van der Waals surface area contributed by atoms with Gasteiger partial charge in [-0.15, -0.1) is 5.10 Å². The molecule has 22 heavy (non-hydrogen) atoms. The zero-order valence-electron chi connectivity index (χ0n) is 12.3. The van der Waals surface area contributed by atoms with Crippen LogP contribution in [0, 0.1) is 3.95 Å². The highest BCUT2D eigenvalue weighted by Gasteiger charge is 2.25. The topological polar surface area (TPSA) is 38.1 Å². The van der Waals surface area contributed by atoms with Crippen LogP contribution in [-0.4, -0.2) is 38.9 Å². The summed E-state index contributed by atoms with van der Waals surface area (Å²) in [4.78, 5) is 14.3. The van der Waals surface area contributed by atoms with Crippen molar-refractivity contribution in [3.8, 4) is 5.69 Å². The largest absolute Gasteiger partial charge is 0.342 e. The number of nitrogens with zero attached hydrogens (tertiary/aromatic N) is 3. The van der Waals surface area contributed by atoms with Crippen molar-refractivity contribution < 1.29 is 4.79 Å². The lowest BCUT2D eigenvalue weighted by molar-refractivity contribution is -0.129. The van der Waals surface area contributed by atoms with E-state index < -0.39 is 0 Å². The van der Waals surface area contributed by atoms with E-state index in [0.717, 1.165) is 36.0 Å². The number of carbonyl (C=O) groups is 1. The lowest BCUT2D eigenvalue weighted by atomic mass is 10.3. The molecule has 1 saturated heterocycles. The molecule has 1 aromatic carbocycles. The summed E-state index contributed by atoms with van der Waals surface area (Å²) in [6.45, 7) is 3.72. The lowest BCUT2D eigenvalue weighted by Crippen LogP contribution is -2.33. The molecule has 0 aliphatic carbocycles. The maximum absolute atomic E-state index is 12.4. The van der Waals surface area contributed by atoms with E-state index in [1.165, 1.54) is 23.1 Å². The van der Waals surface area contributed by atoms with Crippen LogP contribution in [0.1, 0.15) is 19.8 Å². The SMILES string of the molecule is CC(Sc1nn(-c2ccccc2)c(=S)s1)C(=O)N1CCCC1. The Labute approximate surface area is 143 Å². The van der Waals surface area contributed by atoms with Crippen LogP contribution in [0.5, 0.6) is 0 Å². The van der Waals surface area contributed by atoms with E-state index >= 15 is 0 Å². The highest BCUT2D eigenvalue weighted by atomic mass is 32.2. The standard InChI is InChI=1S/C15H17N3OS3/c1-11(13(19)17-9-5-6-10-17)21-14-16-18(15(20)22-14)12-7-3-2-4-8-12/h2-4,7-8,11H,5-6,9-10H2,1H3. The summed E-state index contributed by atoms with van der Waals surface area (Å²) < 4.78 is 3.30. The van der Waals surface area contributed by atoms with Gasteiger partial charge in [-0.3, -0.25) is 4.79 Å². The Morgan fingerprint density at radius 2 is 2.00 bits per heavy atom. The number of carbonyl (C=O) groups excluding carboxylic acids is 1. The Bertz CT molecular complexity index is 704. The van der Waals surface area contributed by atoms with E-state index in [2.05, 4.69) is 5.10 Å². The van der Waals surface area contributed by atoms with E-state index in [1.54, 1.807) is 4.68 Å². The molecule has 1 unspecified atom stereocenters. The minimum atomic E-state index is -0.122. The van der Waals surface area contributed by atoms with Crippen molar-refractivity contribution in [1.82, 2.24) is 14.7 Å². The highest BCUT2D eigenvalue weighted by molar-refractivity contribution is 8.02. The molecule has 3 rings (SSSR count). The van der Waals surface area contributed by atoms with E-state index in [-0.39, 0.29) is 11.2 Å². The third-order valence-electron chi connectivity index (χ3n) is 3.57. The van der Waals surface area contributed by atoms with E-state index in [1.807, 2.05) is 42.2 Å². The van der Waals surface area contributed by atoms with Gasteiger partial charge >= 0.3 is 0 Å². The highest BCUT2D eigenvalue weighted by Crippen LogP contribution is 2.29. The first-order valence-electron chi connectivity index (χ1n) is 7.26. The molecule has 4 nitrogen and oxygen atoms in total. The summed E-state index contributed by atoms with van der Waals surface area (Å²) in [5.74, 6) is 0.204. The summed E-state index contributed by atoms with van der Waals surface area (Å²) in [5.41, 5.74) is 0.953. The average molecular weight is 352 g/mol. The van der Waals surface area contributed by atoms with Crippen LogP contribution in [0.2, 0.25) is 0 Å². The van der Waals surface area contributed by atoms with Gasteiger partial charge in [-0.05, 0) is 44.1 Å². The third-order valence-corrected chi connectivity index (χ3v) is 5.98. The number of benzene rings is 1. The molecule has 1 atom stereocenters. The number of rotatable bonds is 4. The Kier molecular flexibility index (Phi) is 4.95. The van der Waals surface area contributed by atoms with Gasteiger partial charge in [0.2, 0.25) is 5.91 Å². The first-order chi connectivity index (χ1) is 10.6. The van der Waals surface area contributed by atoms with Crippen LogP contribution in [0.25, 0.3) is 5.69 Å². The molecule has 0 spiro atoms. The van der Waals surface area contributed by atoms with Crippen LogP contribution >= 0.6 is 35.3 Å². The number of likely N-dealkylation sites (tertiary alicyclic amines) is 1. The second-order valence-electron chi connectivity index (χ2n) is 5.17. The molecular formula is C15H17N3OS3. The van der Waals surface area contributed by atoms with Crippen molar-refractivity contribution in [2.75, 3.05) is 13.1 Å². The number of thioether (sulfide) groups is 1. The second-order valence-corrected chi connectivity index (χ2v) is 8.38. The van der Waals surface area contributed by atoms with Crippen molar-refractivity contribution in [2.45, 2.75) is 29.4 Å². The van der Waals surface area contributed by atoms with Crippen LogP contribution in [0.3, 0.4) is 0 Å². The second kappa shape index (κ2) is 6.93. The first kappa shape index (κ1) is 15.7. The minimum Gasteiger partial charge on any atom is -0.342 e. The molecular weight excluding hydrogens is 334 g/mol. The molecule has 1 aromatic heterocycles. The van der Waals surface area contributed by atoms with E-state index in [0.29, 0.717) is 3.95 Å². The Morgan fingerprint density at radius 1 is 1.32 bits per heavy atom. The fraction of sp³-hybridized carbons (Fsp3) is 0.400. The molecule has 2 heterocycles. The maximum atomic E-state index is 12.4. The molecule has 7 heteroatoms.